The molecule has 10 nitrogen and oxygen atoms in total. The van der Waals surface area contributed by atoms with Crippen LogP contribution in [0.4, 0.5) is 0 Å². The SMILES string of the molecule is CCCC(NC1=NCN(N=C/C=C\c2[nH]c(=O)[nH]c2O)C(=NC2CC2)N1)c1ccccc1. The molecular weight excluding hydrogens is 408 g/mol. The molecule has 1 aliphatic heterocycles. The van der Waals surface area contributed by atoms with Crippen molar-refractivity contribution >= 4 is 24.2 Å². The van der Waals surface area contributed by atoms with Crippen LogP contribution in [0.5, 0.6) is 5.88 Å². The third kappa shape index (κ3) is 5.65. The summed E-state index contributed by atoms with van der Waals surface area (Å²) < 4.78 is 0. The predicted molar refractivity (Wildman–Crippen MR) is 126 cm³/mol. The van der Waals surface area contributed by atoms with Gasteiger partial charge >= 0.3 is 5.69 Å². The van der Waals surface area contributed by atoms with Gasteiger partial charge in [-0.3, -0.25) is 10.3 Å². The van der Waals surface area contributed by atoms with Gasteiger partial charge in [0, 0.05) is 6.21 Å². The molecule has 0 saturated heterocycles. The average molecular weight is 437 g/mol. The summed E-state index contributed by atoms with van der Waals surface area (Å²) in [6, 6.07) is 10.8. The van der Waals surface area contributed by atoms with Gasteiger partial charge < -0.3 is 15.4 Å². The van der Waals surface area contributed by atoms with Crippen LogP contribution in [-0.4, -0.2) is 50.9 Å². The highest BCUT2D eigenvalue weighted by molar-refractivity contribution is 6.00. The normalized spacial score (nSPS) is 18.8. The quantitative estimate of drug-likeness (QED) is 0.405. The fraction of sp³-hybridized carbons (Fsp3) is 0.364. The molecule has 1 aromatic carbocycles. The second kappa shape index (κ2) is 9.99. The third-order valence-electron chi connectivity index (χ3n) is 5.07. The van der Waals surface area contributed by atoms with E-state index in [0.717, 1.165) is 25.7 Å². The van der Waals surface area contributed by atoms with Crippen molar-refractivity contribution in [3.63, 3.8) is 0 Å². The molecule has 0 bridgehead atoms. The number of H-pyrrole nitrogens is 2. The molecule has 5 N–H and O–H groups in total. The van der Waals surface area contributed by atoms with Gasteiger partial charge in [-0.25, -0.2) is 19.8 Å². The number of hydrazone groups is 1. The highest BCUT2D eigenvalue weighted by Crippen LogP contribution is 2.24. The summed E-state index contributed by atoms with van der Waals surface area (Å²) >= 11 is 0. The number of guanidine groups is 2. The van der Waals surface area contributed by atoms with E-state index in [0.29, 0.717) is 24.6 Å². The van der Waals surface area contributed by atoms with Crippen LogP contribution < -0.4 is 16.3 Å². The number of aromatic nitrogens is 2. The minimum atomic E-state index is -0.468. The molecule has 2 aliphatic rings. The molecule has 4 rings (SSSR count). The standard InChI is InChI=1S/C22H28N8O2/c1-2-7-17(15-8-4-3-5-9-15)26-20-23-14-30(21(29-20)25-16-11-12-16)24-13-6-10-18-19(31)28-22(32)27-18/h3-6,8-10,13,16-17,31H,2,7,11-12,14H2,1H3,(H2,27,28,32)(H2,23,25,26,29)/b10-6-,24-13?. The van der Waals surface area contributed by atoms with Crippen LogP contribution in [-0.2, 0) is 0 Å². The Morgan fingerprint density at radius 3 is 2.81 bits per heavy atom. The van der Waals surface area contributed by atoms with Crippen LogP contribution in [0.15, 0.2) is 56.3 Å². The number of hydrogen-bond acceptors (Lipinski definition) is 6. The molecule has 2 heterocycles. The van der Waals surface area contributed by atoms with Crippen LogP contribution in [0.2, 0.25) is 0 Å². The molecule has 1 atom stereocenters. The predicted octanol–water partition coefficient (Wildman–Crippen LogP) is 2.28. The van der Waals surface area contributed by atoms with Crippen LogP contribution in [0.25, 0.3) is 6.08 Å². The summed E-state index contributed by atoms with van der Waals surface area (Å²) in [5.74, 6) is 1.12. The van der Waals surface area contributed by atoms with Crippen molar-refractivity contribution in [3.05, 3.63) is 58.1 Å². The third-order valence-corrected chi connectivity index (χ3v) is 5.07. The Morgan fingerprint density at radius 2 is 2.12 bits per heavy atom. The maximum absolute atomic E-state index is 11.2. The van der Waals surface area contributed by atoms with Crippen LogP contribution in [0, 0.1) is 0 Å². The average Bonchev–Trinajstić information content (AvgIpc) is 3.55. The lowest BCUT2D eigenvalue weighted by molar-refractivity contribution is 0.432. The molecule has 0 radical (unpaired) electrons. The van der Waals surface area contributed by atoms with Gasteiger partial charge in [-0.1, -0.05) is 43.7 Å². The molecule has 1 saturated carbocycles. The Labute approximate surface area is 185 Å². The number of allylic oxidation sites excluding steroid dienone is 1. The summed E-state index contributed by atoms with van der Waals surface area (Å²) in [7, 11) is 0. The Hall–Kier alpha value is -3.82. The fourth-order valence-electron chi connectivity index (χ4n) is 3.29. The monoisotopic (exact) mass is 436 g/mol. The zero-order chi connectivity index (χ0) is 22.3. The van der Waals surface area contributed by atoms with Crippen LogP contribution in [0.1, 0.15) is 49.9 Å². The highest BCUT2D eigenvalue weighted by atomic mass is 16.3. The first kappa shape index (κ1) is 21.4. The van der Waals surface area contributed by atoms with E-state index in [9.17, 15) is 9.90 Å². The van der Waals surface area contributed by atoms with E-state index in [2.05, 4.69) is 49.8 Å². The van der Waals surface area contributed by atoms with Gasteiger partial charge in [-0.15, -0.1) is 0 Å². The number of aliphatic imine (C=N–C) groups is 2. The van der Waals surface area contributed by atoms with Gasteiger partial charge in [0.15, 0.2) is 0 Å². The fourth-order valence-corrected chi connectivity index (χ4v) is 3.29. The zero-order valence-corrected chi connectivity index (χ0v) is 18.0. The molecule has 0 amide bonds. The van der Waals surface area contributed by atoms with E-state index in [1.165, 1.54) is 5.56 Å². The van der Waals surface area contributed by atoms with Gasteiger partial charge in [0.1, 0.15) is 12.4 Å². The Morgan fingerprint density at radius 1 is 1.31 bits per heavy atom. The first-order chi connectivity index (χ1) is 15.6. The van der Waals surface area contributed by atoms with Crippen molar-refractivity contribution in [3.8, 4) is 5.88 Å². The van der Waals surface area contributed by atoms with E-state index in [1.54, 1.807) is 23.4 Å². The largest absolute Gasteiger partial charge is 0.493 e. The van der Waals surface area contributed by atoms with E-state index < -0.39 is 5.69 Å². The number of nitrogens with one attached hydrogen (secondary N) is 4. The van der Waals surface area contributed by atoms with E-state index >= 15 is 0 Å². The van der Waals surface area contributed by atoms with E-state index in [4.69, 9.17) is 4.99 Å². The van der Waals surface area contributed by atoms with Gasteiger partial charge in [0.25, 0.3) is 0 Å². The van der Waals surface area contributed by atoms with Crippen molar-refractivity contribution in [2.75, 3.05) is 6.67 Å². The number of aromatic amines is 2. The molecule has 1 aromatic heterocycles. The Balaban J connectivity index is 1.45. The van der Waals surface area contributed by atoms with Gasteiger partial charge in [-0.2, -0.15) is 5.10 Å². The van der Waals surface area contributed by atoms with Crippen molar-refractivity contribution in [1.82, 2.24) is 25.6 Å². The van der Waals surface area contributed by atoms with Crippen molar-refractivity contribution in [1.29, 1.82) is 0 Å². The number of nitrogens with zero attached hydrogens (tertiary/aromatic N) is 4. The number of hydrogen-bond donors (Lipinski definition) is 5. The lowest BCUT2D eigenvalue weighted by Crippen LogP contribution is -2.52. The second-order valence-electron chi connectivity index (χ2n) is 7.72. The molecule has 32 heavy (non-hydrogen) atoms. The molecule has 10 heteroatoms. The van der Waals surface area contributed by atoms with Gasteiger partial charge in [0.2, 0.25) is 17.8 Å². The molecule has 1 fully saturated rings. The first-order valence-electron chi connectivity index (χ1n) is 10.8. The summed E-state index contributed by atoms with van der Waals surface area (Å²) in [6.45, 7) is 2.49. The van der Waals surface area contributed by atoms with Crippen molar-refractivity contribution in [2.45, 2.75) is 44.7 Å². The topological polar surface area (TPSA) is 133 Å². The summed E-state index contributed by atoms with van der Waals surface area (Å²) in [6.07, 6.45) is 8.92. The number of aromatic hydroxyl groups is 1. The maximum atomic E-state index is 11.2. The smallest absolute Gasteiger partial charge is 0.326 e. The van der Waals surface area contributed by atoms with E-state index in [1.807, 2.05) is 18.2 Å². The number of benzene rings is 1. The molecule has 1 unspecified atom stereocenters. The highest BCUT2D eigenvalue weighted by Gasteiger charge is 2.26. The Kier molecular flexibility index (Phi) is 6.69. The molecule has 2 aromatic rings. The van der Waals surface area contributed by atoms with Crippen molar-refractivity contribution in [2.24, 2.45) is 15.1 Å². The molecule has 0 spiro atoms. The second-order valence-corrected chi connectivity index (χ2v) is 7.72. The minimum absolute atomic E-state index is 0.156. The lowest BCUT2D eigenvalue weighted by atomic mass is 10.0. The van der Waals surface area contributed by atoms with Crippen LogP contribution >= 0.6 is 0 Å². The Bertz CT molecular complexity index is 1080. The number of imidazole rings is 1. The molecule has 1 aliphatic carbocycles. The maximum Gasteiger partial charge on any atom is 0.326 e. The number of rotatable bonds is 8. The van der Waals surface area contributed by atoms with E-state index in [-0.39, 0.29) is 17.6 Å². The van der Waals surface area contributed by atoms with Crippen LogP contribution in [0.3, 0.4) is 0 Å². The first-order valence-corrected chi connectivity index (χ1v) is 10.8. The summed E-state index contributed by atoms with van der Waals surface area (Å²) in [4.78, 5) is 25.3. The summed E-state index contributed by atoms with van der Waals surface area (Å²) in [5.41, 5.74) is 1.04. The molecule has 168 valence electrons. The van der Waals surface area contributed by atoms with Gasteiger partial charge in [-0.05, 0) is 37.0 Å². The molecular formula is C22H28N8O2. The van der Waals surface area contributed by atoms with Crippen molar-refractivity contribution < 1.29 is 5.11 Å². The summed E-state index contributed by atoms with van der Waals surface area (Å²) in [5, 5.41) is 22.5. The van der Waals surface area contributed by atoms with Gasteiger partial charge in [0.05, 0.1) is 12.1 Å². The zero-order valence-electron chi connectivity index (χ0n) is 18.0. The minimum Gasteiger partial charge on any atom is -0.493 e. The lowest BCUT2D eigenvalue weighted by Gasteiger charge is -2.29.